The summed E-state index contributed by atoms with van der Waals surface area (Å²) in [6.07, 6.45) is 2.92. The van der Waals surface area contributed by atoms with Crippen LogP contribution in [0.4, 0.5) is 11.5 Å². The van der Waals surface area contributed by atoms with Gasteiger partial charge < -0.3 is 10.1 Å². The highest BCUT2D eigenvalue weighted by Crippen LogP contribution is 2.31. The van der Waals surface area contributed by atoms with Gasteiger partial charge in [0.1, 0.15) is 40.0 Å². The monoisotopic (exact) mass is 437 g/mol. The first-order chi connectivity index (χ1) is 14.6. The normalized spacial score (nSPS) is 11.2. The van der Waals surface area contributed by atoms with E-state index in [1.165, 1.54) is 17.2 Å². The maximum absolute atomic E-state index is 6.23. The zero-order chi connectivity index (χ0) is 20.7. The van der Waals surface area contributed by atoms with Gasteiger partial charge in [-0.2, -0.15) is 5.10 Å². The molecule has 0 atom stereocenters. The summed E-state index contributed by atoms with van der Waals surface area (Å²) >= 11 is 12.3. The van der Waals surface area contributed by atoms with Gasteiger partial charge in [-0.15, -0.1) is 0 Å². The fourth-order valence-electron chi connectivity index (χ4n) is 3.03. The first kappa shape index (κ1) is 18.5. The predicted octanol–water partition coefficient (Wildman–Crippen LogP) is 5.22. The number of anilines is 2. The Morgan fingerprint density at radius 2 is 1.87 bits per heavy atom. The number of fused-ring (bicyclic) bond motifs is 2. The number of hydrogen-bond acceptors (Lipinski definition) is 7. The number of rotatable bonds is 4. The molecule has 0 saturated carbocycles. The summed E-state index contributed by atoms with van der Waals surface area (Å²) in [5, 5.41) is 8.11. The number of nitrogens with one attached hydrogen (secondary N) is 1. The molecule has 0 bridgehead atoms. The van der Waals surface area contributed by atoms with Gasteiger partial charge in [-0.3, -0.25) is 0 Å². The van der Waals surface area contributed by atoms with Gasteiger partial charge in [-0.25, -0.2) is 24.5 Å². The SMILES string of the molecule is Cc1cc(Nc2ncnc3ccc(Cl)nc23)ccc1Oc1cc(Cl)n2ncnc2c1. The second-order valence-corrected chi connectivity index (χ2v) is 7.25. The third kappa shape index (κ3) is 3.47. The average Bonchev–Trinajstić information content (AvgIpc) is 3.20. The molecule has 0 aliphatic carbocycles. The van der Waals surface area contributed by atoms with Crippen molar-refractivity contribution < 1.29 is 4.74 Å². The summed E-state index contributed by atoms with van der Waals surface area (Å²) in [6.45, 7) is 1.95. The Balaban J connectivity index is 1.43. The molecule has 5 rings (SSSR count). The number of aryl methyl sites for hydroxylation is 1. The van der Waals surface area contributed by atoms with Crippen molar-refractivity contribution in [2.24, 2.45) is 0 Å². The van der Waals surface area contributed by atoms with Crippen LogP contribution in [0.25, 0.3) is 16.7 Å². The van der Waals surface area contributed by atoms with Crippen LogP contribution in [0.15, 0.2) is 55.1 Å². The number of benzene rings is 1. The third-order valence-corrected chi connectivity index (χ3v) is 4.90. The van der Waals surface area contributed by atoms with E-state index < -0.39 is 0 Å². The Bertz CT molecular complexity index is 1400. The minimum atomic E-state index is 0.378. The molecule has 0 aliphatic rings. The largest absolute Gasteiger partial charge is 0.457 e. The van der Waals surface area contributed by atoms with Crippen molar-refractivity contribution in [2.75, 3.05) is 5.32 Å². The van der Waals surface area contributed by atoms with E-state index in [0.29, 0.717) is 44.3 Å². The van der Waals surface area contributed by atoms with Crippen LogP contribution < -0.4 is 10.1 Å². The fourth-order valence-corrected chi connectivity index (χ4v) is 3.42. The van der Waals surface area contributed by atoms with Gasteiger partial charge in [0.25, 0.3) is 0 Å². The molecule has 5 aromatic rings. The smallest absolute Gasteiger partial charge is 0.160 e. The Kier molecular flexibility index (Phi) is 4.57. The van der Waals surface area contributed by atoms with Crippen molar-refractivity contribution in [3.8, 4) is 11.5 Å². The molecule has 4 heterocycles. The Morgan fingerprint density at radius 3 is 2.73 bits per heavy atom. The number of ether oxygens (including phenoxy) is 1. The topological polar surface area (TPSA) is 90.1 Å². The summed E-state index contributed by atoms with van der Waals surface area (Å²) in [4.78, 5) is 17.0. The summed E-state index contributed by atoms with van der Waals surface area (Å²) < 4.78 is 7.54. The summed E-state index contributed by atoms with van der Waals surface area (Å²) in [6, 6.07) is 12.7. The second kappa shape index (κ2) is 7.40. The van der Waals surface area contributed by atoms with Crippen molar-refractivity contribution >= 4 is 51.4 Å². The fraction of sp³-hybridized carbons (Fsp3) is 0.0500. The first-order valence-corrected chi connectivity index (χ1v) is 9.64. The number of nitrogens with zero attached hydrogens (tertiary/aromatic N) is 6. The molecule has 0 unspecified atom stereocenters. The molecule has 30 heavy (non-hydrogen) atoms. The molecule has 0 aliphatic heterocycles. The molecule has 10 heteroatoms. The summed E-state index contributed by atoms with van der Waals surface area (Å²) in [5.74, 6) is 1.83. The number of pyridine rings is 2. The molecule has 0 spiro atoms. The van der Waals surface area contributed by atoms with Gasteiger partial charge in [-0.05, 0) is 42.8 Å². The number of aromatic nitrogens is 6. The maximum atomic E-state index is 6.23. The molecule has 148 valence electrons. The van der Waals surface area contributed by atoms with Gasteiger partial charge in [0, 0.05) is 17.8 Å². The van der Waals surface area contributed by atoms with Gasteiger partial charge in [0.15, 0.2) is 11.5 Å². The van der Waals surface area contributed by atoms with E-state index in [4.69, 9.17) is 27.9 Å². The van der Waals surface area contributed by atoms with Gasteiger partial charge in [-0.1, -0.05) is 23.2 Å². The van der Waals surface area contributed by atoms with Gasteiger partial charge in [0.05, 0.1) is 5.52 Å². The molecule has 0 amide bonds. The van der Waals surface area contributed by atoms with E-state index in [9.17, 15) is 0 Å². The molecule has 1 aromatic carbocycles. The van der Waals surface area contributed by atoms with Crippen LogP contribution in [0.3, 0.4) is 0 Å². The van der Waals surface area contributed by atoms with Crippen LogP contribution in [-0.4, -0.2) is 29.5 Å². The van der Waals surface area contributed by atoms with E-state index >= 15 is 0 Å². The van der Waals surface area contributed by atoms with E-state index in [1.807, 2.05) is 25.1 Å². The molecule has 8 nitrogen and oxygen atoms in total. The van der Waals surface area contributed by atoms with Crippen LogP contribution >= 0.6 is 23.2 Å². The van der Waals surface area contributed by atoms with Crippen molar-refractivity contribution in [2.45, 2.75) is 6.92 Å². The third-order valence-electron chi connectivity index (χ3n) is 4.42. The average molecular weight is 438 g/mol. The first-order valence-electron chi connectivity index (χ1n) is 8.89. The quantitative estimate of drug-likeness (QED) is 0.385. The predicted molar refractivity (Wildman–Crippen MR) is 115 cm³/mol. The van der Waals surface area contributed by atoms with Crippen molar-refractivity contribution in [3.63, 3.8) is 0 Å². The second-order valence-electron chi connectivity index (χ2n) is 6.48. The molecule has 0 radical (unpaired) electrons. The highest BCUT2D eigenvalue weighted by atomic mass is 35.5. The zero-order valence-electron chi connectivity index (χ0n) is 15.5. The lowest BCUT2D eigenvalue weighted by molar-refractivity contribution is 0.478. The lowest BCUT2D eigenvalue weighted by Gasteiger charge is -2.12. The minimum absolute atomic E-state index is 0.378. The minimum Gasteiger partial charge on any atom is -0.457 e. The van der Waals surface area contributed by atoms with Crippen LogP contribution in [-0.2, 0) is 0 Å². The van der Waals surface area contributed by atoms with Crippen molar-refractivity contribution in [3.05, 3.63) is 71.0 Å². The number of hydrogen-bond donors (Lipinski definition) is 1. The van der Waals surface area contributed by atoms with Gasteiger partial charge >= 0.3 is 0 Å². The lowest BCUT2D eigenvalue weighted by Crippen LogP contribution is -1.98. The van der Waals surface area contributed by atoms with E-state index in [1.54, 1.807) is 24.3 Å². The number of halogens is 2. The molecule has 0 fully saturated rings. The standard InChI is InChI=1S/C20H13Cl2N7O/c1-11-6-12(27-20-19-14(23-9-25-20)3-5-16(21)28-19)2-4-15(11)30-13-7-17(22)29-18(8-13)24-10-26-29/h2-10H,1H3,(H,23,25,27). The lowest BCUT2D eigenvalue weighted by atomic mass is 10.2. The van der Waals surface area contributed by atoms with Gasteiger partial charge in [0.2, 0.25) is 0 Å². The van der Waals surface area contributed by atoms with Crippen molar-refractivity contribution in [1.82, 2.24) is 29.5 Å². The van der Waals surface area contributed by atoms with Crippen LogP contribution in [0.1, 0.15) is 5.56 Å². The highest BCUT2D eigenvalue weighted by Gasteiger charge is 2.10. The molecule has 4 aromatic heterocycles. The van der Waals surface area contributed by atoms with Crippen LogP contribution in [0, 0.1) is 6.92 Å². The molecular formula is C20H13Cl2N7O. The molecule has 0 saturated heterocycles. The van der Waals surface area contributed by atoms with Crippen molar-refractivity contribution in [1.29, 1.82) is 0 Å². The van der Waals surface area contributed by atoms with E-state index in [-0.39, 0.29) is 0 Å². The zero-order valence-corrected chi connectivity index (χ0v) is 17.1. The van der Waals surface area contributed by atoms with E-state index in [0.717, 1.165) is 11.3 Å². The highest BCUT2D eigenvalue weighted by molar-refractivity contribution is 6.30. The van der Waals surface area contributed by atoms with E-state index in [2.05, 4.69) is 30.4 Å². The van der Waals surface area contributed by atoms with Crippen LogP contribution in [0.5, 0.6) is 11.5 Å². The summed E-state index contributed by atoms with van der Waals surface area (Å²) in [7, 11) is 0. The molecular weight excluding hydrogens is 425 g/mol. The Hall–Kier alpha value is -3.49. The Labute approximate surface area is 180 Å². The Morgan fingerprint density at radius 1 is 0.967 bits per heavy atom. The molecule has 1 N–H and O–H groups in total. The van der Waals surface area contributed by atoms with Crippen LogP contribution in [0.2, 0.25) is 10.3 Å². The maximum Gasteiger partial charge on any atom is 0.160 e. The summed E-state index contributed by atoms with van der Waals surface area (Å²) in [5.41, 5.74) is 3.65.